The van der Waals surface area contributed by atoms with E-state index in [1.54, 1.807) is 7.05 Å². The minimum Gasteiger partial charge on any atom is -0.396 e. The van der Waals surface area contributed by atoms with Crippen LogP contribution >= 0.6 is 0 Å². The third kappa shape index (κ3) is 2.58. The minimum atomic E-state index is -0.210. The van der Waals surface area contributed by atoms with Gasteiger partial charge < -0.3 is 16.2 Å². The number of aromatic nitrogens is 2. The fourth-order valence-electron chi connectivity index (χ4n) is 2.29. The zero-order chi connectivity index (χ0) is 12.4. The fraction of sp³-hybridized carbons (Fsp3) is 0.636. The number of nitrogens with zero attached hydrogens (tertiary/aromatic N) is 2. The topological polar surface area (TPSA) is 93.2 Å². The molecule has 1 aliphatic rings. The second kappa shape index (κ2) is 4.75. The van der Waals surface area contributed by atoms with Crippen molar-refractivity contribution in [3.8, 4) is 0 Å². The number of nitrogens with one attached hydrogen (secondary N) is 1. The summed E-state index contributed by atoms with van der Waals surface area (Å²) < 4.78 is 1.47. The monoisotopic (exact) mass is 238 g/mol. The van der Waals surface area contributed by atoms with E-state index in [1.165, 1.54) is 10.9 Å². The zero-order valence-corrected chi connectivity index (χ0v) is 9.89. The maximum Gasteiger partial charge on any atom is 0.271 e. The summed E-state index contributed by atoms with van der Waals surface area (Å²) in [6, 6.07) is 0. The van der Waals surface area contributed by atoms with Gasteiger partial charge in [-0.05, 0) is 25.2 Å². The number of nitrogen functional groups attached to an aromatic ring is 1. The summed E-state index contributed by atoms with van der Waals surface area (Å²) in [6.45, 7) is 0.584. The molecule has 94 valence electrons. The van der Waals surface area contributed by atoms with Crippen LogP contribution in [-0.2, 0) is 7.05 Å². The Hall–Kier alpha value is -1.56. The summed E-state index contributed by atoms with van der Waals surface area (Å²) >= 11 is 0. The van der Waals surface area contributed by atoms with Crippen LogP contribution in [0, 0.1) is 5.92 Å². The fourth-order valence-corrected chi connectivity index (χ4v) is 2.29. The molecule has 0 radical (unpaired) electrons. The predicted octanol–water partition coefficient (Wildman–Crippen LogP) is -0.107. The number of hydrogen-bond donors (Lipinski definition) is 3. The highest BCUT2D eigenvalue weighted by atomic mass is 16.3. The number of carbonyl (C=O) groups excluding carboxylic acids is 1. The summed E-state index contributed by atoms with van der Waals surface area (Å²) in [5.74, 6) is 0.160. The maximum atomic E-state index is 11.9. The van der Waals surface area contributed by atoms with Crippen molar-refractivity contribution < 1.29 is 9.90 Å². The predicted molar refractivity (Wildman–Crippen MR) is 63.3 cm³/mol. The van der Waals surface area contributed by atoms with E-state index in [4.69, 9.17) is 5.73 Å². The molecule has 1 heterocycles. The van der Waals surface area contributed by atoms with E-state index in [2.05, 4.69) is 10.4 Å². The number of amides is 1. The van der Waals surface area contributed by atoms with Crippen LogP contribution in [0.5, 0.6) is 0 Å². The van der Waals surface area contributed by atoms with Gasteiger partial charge in [0.2, 0.25) is 0 Å². The normalized spacial score (nSPS) is 23.9. The lowest BCUT2D eigenvalue weighted by Gasteiger charge is -2.11. The zero-order valence-electron chi connectivity index (χ0n) is 9.89. The molecule has 6 nitrogen and oxygen atoms in total. The second-order valence-electron chi connectivity index (χ2n) is 4.62. The van der Waals surface area contributed by atoms with E-state index >= 15 is 0 Å². The first-order valence-electron chi connectivity index (χ1n) is 5.81. The summed E-state index contributed by atoms with van der Waals surface area (Å²) in [7, 11) is 1.69. The third-order valence-electron chi connectivity index (χ3n) is 3.25. The van der Waals surface area contributed by atoms with Crippen LogP contribution in [0.15, 0.2) is 6.20 Å². The SMILES string of the molecule is Cn1ncc(N)c1C(=O)NCC1CCC(O)C1. The molecule has 1 aliphatic carbocycles. The van der Waals surface area contributed by atoms with Gasteiger partial charge in [-0.25, -0.2) is 0 Å². The number of nitrogens with two attached hydrogens (primary N) is 1. The molecular weight excluding hydrogens is 220 g/mol. The van der Waals surface area contributed by atoms with Gasteiger partial charge in [0.15, 0.2) is 0 Å². The van der Waals surface area contributed by atoms with Gasteiger partial charge >= 0.3 is 0 Å². The number of carbonyl (C=O) groups is 1. The molecule has 2 unspecified atom stereocenters. The van der Waals surface area contributed by atoms with Crippen LogP contribution in [-0.4, -0.2) is 33.4 Å². The van der Waals surface area contributed by atoms with Gasteiger partial charge in [-0.2, -0.15) is 5.10 Å². The van der Waals surface area contributed by atoms with Crippen LogP contribution in [0.4, 0.5) is 5.69 Å². The van der Waals surface area contributed by atoms with Crippen LogP contribution < -0.4 is 11.1 Å². The number of aliphatic hydroxyl groups excluding tert-OH is 1. The van der Waals surface area contributed by atoms with E-state index in [-0.39, 0.29) is 12.0 Å². The lowest BCUT2D eigenvalue weighted by Crippen LogP contribution is -2.30. The first-order chi connectivity index (χ1) is 8.08. The van der Waals surface area contributed by atoms with Crippen molar-refractivity contribution in [1.29, 1.82) is 0 Å². The molecule has 1 aromatic heterocycles. The molecule has 0 bridgehead atoms. The van der Waals surface area contributed by atoms with E-state index in [9.17, 15) is 9.90 Å². The lowest BCUT2D eigenvalue weighted by atomic mass is 10.1. The Balaban J connectivity index is 1.90. The maximum absolute atomic E-state index is 11.9. The Bertz CT molecular complexity index is 396. The first kappa shape index (κ1) is 11.9. The molecule has 1 aromatic rings. The van der Waals surface area contributed by atoms with Crippen molar-refractivity contribution in [2.24, 2.45) is 13.0 Å². The minimum absolute atomic E-state index is 0.205. The summed E-state index contributed by atoms with van der Waals surface area (Å²) in [5.41, 5.74) is 6.44. The Morgan fingerprint density at radius 1 is 1.71 bits per heavy atom. The second-order valence-corrected chi connectivity index (χ2v) is 4.62. The van der Waals surface area contributed by atoms with Gasteiger partial charge in [-0.3, -0.25) is 9.48 Å². The number of aliphatic hydroxyl groups is 1. The molecule has 4 N–H and O–H groups in total. The number of aryl methyl sites for hydroxylation is 1. The summed E-state index contributed by atoms with van der Waals surface area (Å²) in [5, 5.41) is 16.1. The Morgan fingerprint density at radius 2 is 2.47 bits per heavy atom. The van der Waals surface area contributed by atoms with Crippen molar-refractivity contribution in [3.05, 3.63) is 11.9 Å². The average molecular weight is 238 g/mol. The lowest BCUT2D eigenvalue weighted by molar-refractivity contribution is 0.0936. The smallest absolute Gasteiger partial charge is 0.271 e. The van der Waals surface area contributed by atoms with Crippen LogP contribution in [0.1, 0.15) is 29.8 Å². The van der Waals surface area contributed by atoms with Gasteiger partial charge in [-0.15, -0.1) is 0 Å². The first-order valence-corrected chi connectivity index (χ1v) is 5.81. The van der Waals surface area contributed by atoms with E-state index < -0.39 is 0 Å². The van der Waals surface area contributed by atoms with Crippen molar-refractivity contribution in [2.75, 3.05) is 12.3 Å². The van der Waals surface area contributed by atoms with E-state index in [0.29, 0.717) is 23.8 Å². The molecule has 1 fully saturated rings. The van der Waals surface area contributed by atoms with Gasteiger partial charge in [-0.1, -0.05) is 0 Å². The van der Waals surface area contributed by atoms with Gasteiger partial charge in [0, 0.05) is 13.6 Å². The van der Waals surface area contributed by atoms with Gasteiger partial charge in [0.05, 0.1) is 18.0 Å². The van der Waals surface area contributed by atoms with Gasteiger partial charge in [0.25, 0.3) is 5.91 Å². The third-order valence-corrected chi connectivity index (χ3v) is 3.25. The molecule has 0 spiro atoms. The van der Waals surface area contributed by atoms with Crippen molar-refractivity contribution >= 4 is 11.6 Å². The van der Waals surface area contributed by atoms with E-state index in [0.717, 1.165) is 19.3 Å². The summed E-state index contributed by atoms with van der Waals surface area (Å²) in [4.78, 5) is 11.9. The Kier molecular flexibility index (Phi) is 3.33. The molecule has 17 heavy (non-hydrogen) atoms. The molecule has 0 saturated heterocycles. The molecule has 1 amide bonds. The Labute approximate surface area is 99.8 Å². The summed E-state index contributed by atoms with van der Waals surface area (Å²) in [6.07, 6.45) is 3.81. The van der Waals surface area contributed by atoms with E-state index in [1.807, 2.05) is 0 Å². The van der Waals surface area contributed by atoms with Crippen molar-refractivity contribution in [1.82, 2.24) is 15.1 Å². The Morgan fingerprint density at radius 3 is 3.00 bits per heavy atom. The number of rotatable bonds is 3. The number of anilines is 1. The average Bonchev–Trinajstić information content (AvgIpc) is 2.83. The van der Waals surface area contributed by atoms with Crippen LogP contribution in [0.3, 0.4) is 0 Å². The molecule has 0 aromatic carbocycles. The standard InChI is InChI=1S/C11H18N4O2/c1-15-10(9(12)6-14-15)11(17)13-5-7-2-3-8(16)4-7/h6-8,16H,2-5,12H2,1H3,(H,13,17). The molecule has 1 saturated carbocycles. The largest absolute Gasteiger partial charge is 0.396 e. The quantitative estimate of drug-likeness (QED) is 0.685. The highest BCUT2D eigenvalue weighted by molar-refractivity contribution is 5.97. The molecule has 6 heteroatoms. The highest BCUT2D eigenvalue weighted by Gasteiger charge is 2.24. The van der Waals surface area contributed by atoms with Gasteiger partial charge in [0.1, 0.15) is 5.69 Å². The van der Waals surface area contributed by atoms with Crippen molar-refractivity contribution in [2.45, 2.75) is 25.4 Å². The van der Waals surface area contributed by atoms with Crippen LogP contribution in [0.2, 0.25) is 0 Å². The van der Waals surface area contributed by atoms with Crippen LogP contribution in [0.25, 0.3) is 0 Å². The molecule has 2 rings (SSSR count). The molecule has 0 aliphatic heterocycles. The molecular formula is C11H18N4O2. The van der Waals surface area contributed by atoms with Crippen molar-refractivity contribution in [3.63, 3.8) is 0 Å². The number of hydrogen-bond acceptors (Lipinski definition) is 4. The molecule has 2 atom stereocenters. The highest BCUT2D eigenvalue weighted by Crippen LogP contribution is 2.24.